The highest BCUT2D eigenvalue weighted by Gasteiger charge is 2.42. The second-order valence-electron chi connectivity index (χ2n) is 7.04. The van der Waals surface area contributed by atoms with Gasteiger partial charge in [0, 0.05) is 56.0 Å². The molecule has 5 heteroatoms. The summed E-state index contributed by atoms with van der Waals surface area (Å²) in [6.45, 7) is 4.87. The lowest BCUT2D eigenvalue weighted by molar-refractivity contribution is 0.0404. The molecule has 2 aromatic rings. The van der Waals surface area contributed by atoms with Gasteiger partial charge in [-0.3, -0.25) is 19.7 Å². The highest BCUT2D eigenvalue weighted by Crippen LogP contribution is 2.32. The zero-order valence-corrected chi connectivity index (χ0v) is 14.6. The second kappa shape index (κ2) is 6.92. The molecule has 0 spiro atoms. The number of pyridine rings is 2. The normalized spacial score (nSPS) is 23.0. The summed E-state index contributed by atoms with van der Waals surface area (Å²) in [7, 11) is 0. The molecule has 2 fully saturated rings. The van der Waals surface area contributed by atoms with Gasteiger partial charge < -0.3 is 4.90 Å². The van der Waals surface area contributed by atoms with Gasteiger partial charge in [-0.05, 0) is 43.0 Å². The second-order valence-corrected chi connectivity index (χ2v) is 7.04. The van der Waals surface area contributed by atoms with E-state index in [1.807, 2.05) is 30.6 Å². The molecular formula is C20H24N4O. The summed E-state index contributed by atoms with van der Waals surface area (Å²) in [6, 6.07) is 8.62. The number of carbonyl (C=O) groups is 1. The average Bonchev–Trinajstić information content (AvgIpc) is 2.92. The van der Waals surface area contributed by atoms with Gasteiger partial charge in [0.1, 0.15) is 0 Å². The largest absolute Gasteiger partial charge is 0.330 e. The number of rotatable bonds is 4. The number of amides is 1. The third-order valence-electron chi connectivity index (χ3n) is 5.36. The van der Waals surface area contributed by atoms with E-state index >= 15 is 0 Å². The lowest BCUT2D eigenvalue weighted by Gasteiger charge is -2.41. The lowest BCUT2D eigenvalue weighted by Crippen LogP contribution is -2.55. The molecule has 5 nitrogen and oxygen atoms in total. The van der Waals surface area contributed by atoms with Crippen LogP contribution in [0.25, 0.3) is 0 Å². The van der Waals surface area contributed by atoms with E-state index in [0.29, 0.717) is 12.1 Å². The van der Waals surface area contributed by atoms with Crippen molar-refractivity contribution < 1.29 is 4.79 Å². The minimum atomic E-state index is 0.142. The Labute approximate surface area is 148 Å². The van der Waals surface area contributed by atoms with Gasteiger partial charge in [-0.25, -0.2) is 0 Å². The maximum Gasteiger partial charge on any atom is 0.256 e. The molecule has 25 heavy (non-hydrogen) atoms. The Balaban J connectivity index is 1.45. The minimum absolute atomic E-state index is 0.142. The number of hydrogen-bond donors (Lipinski definition) is 0. The number of hydrogen-bond acceptors (Lipinski definition) is 4. The van der Waals surface area contributed by atoms with E-state index in [4.69, 9.17) is 0 Å². The zero-order valence-electron chi connectivity index (χ0n) is 14.6. The Morgan fingerprint density at radius 3 is 2.56 bits per heavy atom. The van der Waals surface area contributed by atoms with Crippen LogP contribution in [0.15, 0.2) is 42.9 Å². The summed E-state index contributed by atoms with van der Waals surface area (Å²) < 4.78 is 0. The third kappa shape index (κ3) is 3.29. The van der Waals surface area contributed by atoms with E-state index in [1.54, 1.807) is 6.20 Å². The van der Waals surface area contributed by atoms with E-state index in [1.165, 1.54) is 5.56 Å². The van der Waals surface area contributed by atoms with Crippen molar-refractivity contribution in [1.29, 1.82) is 0 Å². The SMILES string of the molecule is CCc1ccc(C(=O)N2C3CCC2CN(Cc2cccnc2)C3)cn1. The molecule has 130 valence electrons. The fourth-order valence-electron chi connectivity index (χ4n) is 4.11. The molecular weight excluding hydrogens is 312 g/mol. The molecule has 2 unspecified atom stereocenters. The summed E-state index contributed by atoms with van der Waals surface area (Å²) in [6.07, 6.45) is 8.57. The van der Waals surface area contributed by atoms with Crippen molar-refractivity contribution in [2.24, 2.45) is 0 Å². The molecule has 2 bridgehead atoms. The van der Waals surface area contributed by atoms with Gasteiger partial charge in [0.05, 0.1) is 5.56 Å². The molecule has 2 aliphatic heterocycles. The first-order valence-corrected chi connectivity index (χ1v) is 9.13. The topological polar surface area (TPSA) is 49.3 Å². The molecule has 1 amide bonds. The first-order valence-electron chi connectivity index (χ1n) is 9.13. The van der Waals surface area contributed by atoms with Gasteiger partial charge in [0.2, 0.25) is 0 Å². The summed E-state index contributed by atoms with van der Waals surface area (Å²) in [5.41, 5.74) is 2.98. The number of aromatic nitrogens is 2. The average molecular weight is 336 g/mol. The maximum absolute atomic E-state index is 13.0. The van der Waals surface area contributed by atoms with Crippen molar-refractivity contribution in [1.82, 2.24) is 19.8 Å². The molecule has 0 aliphatic carbocycles. The Hall–Kier alpha value is -2.27. The molecule has 2 saturated heterocycles. The highest BCUT2D eigenvalue weighted by atomic mass is 16.2. The summed E-state index contributed by atoms with van der Waals surface area (Å²) >= 11 is 0. The number of piperazine rings is 1. The van der Waals surface area contributed by atoms with Crippen LogP contribution in [0.4, 0.5) is 0 Å². The van der Waals surface area contributed by atoms with Crippen molar-refractivity contribution in [2.45, 2.75) is 44.8 Å². The van der Waals surface area contributed by atoms with Gasteiger partial charge >= 0.3 is 0 Å². The molecule has 0 aromatic carbocycles. The van der Waals surface area contributed by atoms with Gasteiger partial charge in [-0.15, -0.1) is 0 Å². The van der Waals surface area contributed by atoms with Crippen LogP contribution in [0, 0.1) is 0 Å². The van der Waals surface area contributed by atoms with E-state index in [9.17, 15) is 4.79 Å². The molecule has 0 N–H and O–H groups in total. The van der Waals surface area contributed by atoms with E-state index in [-0.39, 0.29) is 5.91 Å². The fourth-order valence-corrected chi connectivity index (χ4v) is 4.11. The molecule has 2 aliphatic rings. The summed E-state index contributed by atoms with van der Waals surface area (Å²) in [5, 5.41) is 0. The standard InChI is InChI=1S/C20H24N4O/c1-2-17-6-5-16(11-22-17)20(25)24-18-7-8-19(24)14-23(13-18)12-15-4-3-9-21-10-15/h3-6,9-11,18-19H,2,7-8,12-14H2,1H3. The lowest BCUT2D eigenvalue weighted by atomic mass is 10.1. The van der Waals surface area contributed by atoms with Crippen LogP contribution in [-0.4, -0.2) is 50.8 Å². The predicted octanol–water partition coefficient (Wildman–Crippen LogP) is 2.53. The summed E-state index contributed by atoms with van der Waals surface area (Å²) in [5.74, 6) is 0.142. The third-order valence-corrected chi connectivity index (χ3v) is 5.36. The van der Waals surface area contributed by atoms with Crippen LogP contribution >= 0.6 is 0 Å². The van der Waals surface area contributed by atoms with E-state index < -0.39 is 0 Å². The van der Waals surface area contributed by atoms with Crippen molar-refractivity contribution in [2.75, 3.05) is 13.1 Å². The molecule has 4 rings (SSSR count). The van der Waals surface area contributed by atoms with Crippen molar-refractivity contribution in [3.05, 3.63) is 59.7 Å². The maximum atomic E-state index is 13.0. The van der Waals surface area contributed by atoms with Crippen LogP contribution < -0.4 is 0 Å². The minimum Gasteiger partial charge on any atom is -0.330 e. The van der Waals surface area contributed by atoms with Crippen LogP contribution in [0.1, 0.15) is 41.4 Å². The van der Waals surface area contributed by atoms with E-state index in [2.05, 4.69) is 32.8 Å². The quantitative estimate of drug-likeness (QED) is 0.861. The van der Waals surface area contributed by atoms with Gasteiger partial charge in [0.25, 0.3) is 5.91 Å². The Morgan fingerprint density at radius 1 is 1.16 bits per heavy atom. The molecule has 2 atom stereocenters. The van der Waals surface area contributed by atoms with Crippen molar-refractivity contribution in [3.8, 4) is 0 Å². The molecule has 4 heterocycles. The fraction of sp³-hybridized carbons (Fsp3) is 0.450. The Bertz CT molecular complexity index is 717. The monoisotopic (exact) mass is 336 g/mol. The zero-order chi connectivity index (χ0) is 17.2. The first-order chi connectivity index (χ1) is 12.2. The Kier molecular flexibility index (Phi) is 4.49. The van der Waals surface area contributed by atoms with Crippen LogP contribution in [0.2, 0.25) is 0 Å². The number of fused-ring (bicyclic) bond motifs is 2. The summed E-state index contributed by atoms with van der Waals surface area (Å²) in [4.78, 5) is 26.1. The van der Waals surface area contributed by atoms with Crippen LogP contribution in [0.5, 0.6) is 0 Å². The number of nitrogens with zero attached hydrogens (tertiary/aromatic N) is 4. The van der Waals surface area contributed by atoms with E-state index in [0.717, 1.165) is 50.2 Å². The Morgan fingerprint density at radius 2 is 1.96 bits per heavy atom. The van der Waals surface area contributed by atoms with Gasteiger partial charge in [-0.2, -0.15) is 0 Å². The van der Waals surface area contributed by atoms with Crippen molar-refractivity contribution in [3.63, 3.8) is 0 Å². The number of carbonyl (C=O) groups excluding carboxylic acids is 1. The van der Waals surface area contributed by atoms with Crippen LogP contribution in [-0.2, 0) is 13.0 Å². The van der Waals surface area contributed by atoms with Crippen LogP contribution in [0.3, 0.4) is 0 Å². The molecule has 0 saturated carbocycles. The predicted molar refractivity (Wildman–Crippen MR) is 96.1 cm³/mol. The smallest absolute Gasteiger partial charge is 0.256 e. The number of likely N-dealkylation sites (tertiary alicyclic amines) is 1. The molecule has 2 aromatic heterocycles. The molecule has 0 radical (unpaired) electrons. The van der Waals surface area contributed by atoms with Gasteiger partial charge in [0.15, 0.2) is 0 Å². The number of aryl methyl sites for hydroxylation is 1. The highest BCUT2D eigenvalue weighted by molar-refractivity contribution is 5.94. The van der Waals surface area contributed by atoms with Crippen molar-refractivity contribution >= 4 is 5.91 Å². The van der Waals surface area contributed by atoms with Gasteiger partial charge in [-0.1, -0.05) is 13.0 Å². The first kappa shape index (κ1) is 16.2.